The van der Waals surface area contributed by atoms with Gasteiger partial charge in [-0.3, -0.25) is 0 Å². The number of hydrogen-bond donors (Lipinski definition) is 1. The average molecular weight is 229 g/mol. The fourth-order valence-corrected chi connectivity index (χ4v) is 1.95. The van der Waals surface area contributed by atoms with Gasteiger partial charge in [0.05, 0.1) is 0 Å². The van der Waals surface area contributed by atoms with Gasteiger partial charge in [-0.05, 0) is 51.6 Å². The van der Waals surface area contributed by atoms with Crippen LogP contribution < -0.4 is 5.73 Å². The first kappa shape index (κ1) is 15.9. The highest BCUT2D eigenvalue weighted by Gasteiger charge is 2.07. The van der Waals surface area contributed by atoms with Crippen molar-refractivity contribution in [1.29, 1.82) is 0 Å². The predicted octanol–water partition coefficient (Wildman–Crippen LogP) is 1.64. The summed E-state index contributed by atoms with van der Waals surface area (Å²) in [5.41, 5.74) is 5.66. The van der Waals surface area contributed by atoms with Crippen LogP contribution in [0.4, 0.5) is 0 Å². The third-order valence-electron chi connectivity index (χ3n) is 3.26. The van der Waals surface area contributed by atoms with Crippen molar-refractivity contribution in [2.75, 3.05) is 45.8 Å². The van der Waals surface area contributed by atoms with Gasteiger partial charge in [-0.1, -0.05) is 27.7 Å². The minimum Gasteiger partial charge on any atom is -0.330 e. The number of nitrogens with two attached hydrogens (primary N) is 1. The zero-order chi connectivity index (χ0) is 12.4. The van der Waals surface area contributed by atoms with E-state index in [9.17, 15) is 0 Å². The quantitative estimate of drug-likeness (QED) is 0.618. The molecule has 0 aliphatic rings. The summed E-state index contributed by atoms with van der Waals surface area (Å²) in [5, 5.41) is 0. The molecule has 98 valence electrons. The van der Waals surface area contributed by atoms with E-state index in [0.29, 0.717) is 5.92 Å². The van der Waals surface area contributed by atoms with Gasteiger partial charge >= 0.3 is 0 Å². The van der Waals surface area contributed by atoms with Crippen molar-refractivity contribution in [3.63, 3.8) is 0 Å². The van der Waals surface area contributed by atoms with E-state index in [1.807, 2.05) is 0 Å². The lowest BCUT2D eigenvalue weighted by Crippen LogP contribution is -2.34. The Bertz CT molecular complexity index is 146. The van der Waals surface area contributed by atoms with E-state index in [2.05, 4.69) is 37.5 Å². The summed E-state index contributed by atoms with van der Waals surface area (Å²) in [7, 11) is 0. The monoisotopic (exact) mass is 229 g/mol. The molecule has 0 aromatic rings. The normalized spacial score (nSPS) is 13.7. The lowest BCUT2D eigenvalue weighted by atomic mass is 10.1. The molecule has 16 heavy (non-hydrogen) atoms. The molecule has 3 heteroatoms. The van der Waals surface area contributed by atoms with Gasteiger partial charge in [-0.25, -0.2) is 0 Å². The zero-order valence-electron chi connectivity index (χ0n) is 11.7. The van der Waals surface area contributed by atoms with Crippen LogP contribution in [0.2, 0.25) is 0 Å². The van der Waals surface area contributed by atoms with E-state index in [1.54, 1.807) is 0 Å². The Morgan fingerprint density at radius 1 is 0.938 bits per heavy atom. The van der Waals surface area contributed by atoms with Crippen LogP contribution in [0.25, 0.3) is 0 Å². The molecule has 0 amide bonds. The SMILES string of the molecule is CCN(CC)CCCN(CC)CC(C)CN. The van der Waals surface area contributed by atoms with E-state index in [4.69, 9.17) is 5.73 Å². The smallest absolute Gasteiger partial charge is 0.00190 e. The first-order chi connectivity index (χ1) is 7.67. The molecule has 0 aliphatic carbocycles. The second kappa shape index (κ2) is 10.1. The van der Waals surface area contributed by atoms with E-state index in [1.165, 1.54) is 32.6 Å². The maximum Gasteiger partial charge on any atom is 0.00190 e. The second-order valence-corrected chi connectivity index (χ2v) is 4.61. The molecule has 0 saturated carbocycles. The Morgan fingerprint density at radius 2 is 1.44 bits per heavy atom. The van der Waals surface area contributed by atoms with Gasteiger partial charge in [-0.2, -0.15) is 0 Å². The molecule has 0 rings (SSSR count). The predicted molar refractivity (Wildman–Crippen MR) is 72.7 cm³/mol. The first-order valence-electron chi connectivity index (χ1n) is 6.82. The van der Waals surface area contributed by atoms with Crippen molar-refractivity contribution in [2.24, 2.45) is 11.7 Å². The van der Waals surface area contributed by atoms with E-state index >= 15 is 0 Å². The summed E-state index contributed by atoms with van der Waals surface area (Å²) in [6, 6.07) is 0. The molecule has 0 aliphatic heterocycles. The molecule has 0 radical (unpaired) electrons. The largest absolute Gasteiger partial charge is 0.330 e. The Kier molecular flexibility index (Phi) is 9.99. The van der Waals surface area contributed by atoms with Crippen LogP contribution in [-0.2, 0) is 0 Å². The molecular weight excluding hydrogens is 198 g/mol. The van der Waals surface area contributed by atoms with Crippen LogP contribution in [0.3, 0.4) is 0 Å². The third-order valence-corrected chi connectivity index (χ3v) is 3.26. The summed E-state index contributed by atoms with van der Waals surface area (Å²) in [4.78, 5) is 5.00. The third kappa shape index (κ3) is 7.20. The van der Waals surface area contributed by atoms with Gasteiger partial charge in [0.25, 0.3) is 0 Å². The number of nitrogens with zero attached hydrogens (tertiary/aromatic N) is 2. The van der Waals surface area contributed by atoms with Gasteiger partial charge in [0, 0.05) is 6.54 Å². The van der Waals surface area contributed by atoms with Crippen molar-refractivity contribution >= 4 is 0 Å². The molecule has 0 aromatic heterocycles. The van der Waals surface area contributed by atoms with E-state index < -0.39 is 0 Å². The summed E-state index contributed by atoms with van der Waals surface area (Å²) >= 11 is 0. The van der Waals surface area contributed by atoms with Crippen LogP contribution in [0.15, 0.2) is 0 Å². The second-order valence-electron chi connectivity index (χ2n) is 4.61. The molecular formula is C13H31N3. The zero-order valence-corrected chi connectivity index (χ0v) is 11.7. The van der Waals surface area contributed by atoms with Crippen molar-refractivity contribution in [3.8, 4) is 0 Å². The molecule has 2 N–H and O–H groups in total. The highest BCUT2D eigenvalue weighted by atomic mass is 15.1. The number of hydrogen-bond acceptors (Lipinski definition) is 3. The highest BCUT2D eigenvalue weighted by molar-refractivity contribution is 4.63. The summed E-state index contributed by atoms with van der Waals surface area (Å²) < 4.78 is 0. The lowest BCUT2D eigenvalue weighted by molar-refractivity contribution is 0.223. The van der Waals surface area contributed by atoms with Crippen molar-refractivity contribution < 1.29 is 0 Å². The number of rotatable bonds is 10. The Morgan fingerprint density at radius 3 is 1.88 bits per heavy atom. The first-order valence-corrected chi connectivity index (χ1v) is 6.82. The van der Waals surface area contributed by atoms with Crippen molar-refractivity contribution in [3.05, 3.63) is 0 Å². The molecule has 0 bridgehead atoms. The van der Waals surface area contributed by atoms with E-state index in [-0.39, 0.29) is 0 Å². The maximum atomic E-state index is 5.66. The standard InChI is InChI=1S/C13H31N3/c1-5-15(6-2)9-8-10-16(7-3)12-13(4)11-14/h13H,5-12,14H2,1-4H3. The van der Waals surface area contributed by atoms with Gasteiger partial charge in [0.15, 0.2) is 0 Å². The molecule has 1 unspecified atom stereocenters. The highest BCUT2D eigenvalue weighted by Crippen LogP contribution is 2.00. The van der Waals surface area contributed by atoms with Gasteiger partial charge in [0.2, 0.25) is 0 Å². The molecule has 0 aromatic carbocycles. The maximum absolute atomic E-state index is 5.66. The Labute approximate surface area is 102 Å². The van der Waals surface area contributed by atoms with Gasteiger partial charge < -0.3 is 15.5 Å². The lowest BCUT2D eigenvalue weighted by Gasteiger charge is -2.25. The fraction of sp³-hybridized carbons (Fsp3) is 1.00. The summed E-state index contributed by atoms with van der Waals surface area (Å²) in [5.74, 6) is 0.619. The molecule has 0 saturated heterocycles. The molecule has 3 nitrogen and oxygen atoms in total. The van der Waals surface area contributed by atoms with Crippen LogP contribution >= 0.6 is 0 Å². The Balaban J connectivity index is 3.69. The van der Waals surface area contributed by atoms with Crippen LogP contribution in [0.5, 0.6) is 0 Å². The summed E-state index contributed by atoms with van der Waals surface area (Å²) in [6.07, 6.45) is 1.27. The molecule has 1 atom stereocenters. The molecule has 0 fully saturated rings. The average Bonchev–Trinajstić information content (AvgIpc) is 2.32. The van der Waals surface area contributed by atoms with E-state index in [0.717, 1.165) is 19.6 Å². The topological polar surface area (TPSA) is 32.5 Å². The van der Waals surface area contributed by atoms with Gasteiger partial charge in [-0.15, -0.1) is 0 Å². The molecule has 0 spiro atoms. The fourth-order valence-electron chi connectivity index (χ4n) is 1.95. The minimum absolute atomic E-state index is 0.619. The Hall–Kier alpha value is -0.120. The minimum atomic E-state index is 0.619. The molecule has 0 heterocycles. The van der Waals surface area contributed by atoms with Crippen LogP contribution in [-0.4, -0.2) is 55.6 Å². The van der Waals surface area contributed by atoms with Crippen molar-refractivity contribution in [2.45, 2.75) is 34.1 Å². The van der Waals surface area contributed by atoms with Crippen molar-refractivity contribution in [1.82, 2.24) is 9.80 Å². The summed E-state index contributed by atoms with van der Waals surface area (Å²) in [6.45, 7) is 16.8. The van der Waals surface area contributed by atoms with Crippen LogP contribution in [0, 0.1) is 5.92 Å². The van der Waals surface area contributed by atoms with Gasteiger partial charge in [0.1, 0.15) is 0 Å². The van der Waals surface area contributed by atoms with Crippen LogP contribution in [0.1, 0.15) is 34.1 Å².